The average molecular weight is 302 g/mol. The molecule has 0 radical (unpaired) electrons. The molecule has 19 heavy (non-hydrogen) atoms. The lowest BCUT2D eigenvalue weighted by molar-refractivity contribution is -0.113. The Kier molecular flexibility index (Phi) is 4.39. The quantitative estimate of drug-likeness (QED) is 0.883. The molecule has 1 aromatic carbocycles. The number of alkyl halides is 1. The maximum absolute atomic E-state index is 13.5. The molecule has 0 bridgehead atoms. The third-order valence-corrected chi connectivity index (χ3v) is 2.91. The Labute approximate surface area is 119 Å². The van der Waals surface area contributed by atoms with Crippen LogP contribution < -0.4 is 5.32 Å². The molecule has 0 saturated carbocycles. The smallest absolute Gasteiger partial charge is 0.240 e. The molecule has 0 saturated heterocycles. The summed E-state index contributed by atoms with van der Waals surface area (Å²) in [5.41, 5.74) is 0.483. The largest absolute Gasteiger partial charge is 0.307 e. The normalized spacial score (nSPS) is 10.5. The van der Waals surface area contributed by atoms with Crippen molar-refractivity contribution in [3.05, 3.63) is 46.9 Å². The minimum absolute atomic E-state index is 0.184. The van der Waals surface area contributed by atoms with Gasteiger partial charge in [0.15, 0.2) is 5.82 Å². The summed E-state index contributed by atoms with van der Waals surface area (Å²) in [6, 6.07) is 6.37. The topological polar surface area (TPSA) is 46.9 Å². The molecule has 0 spiro atoms. The van der Waals surface area contributed by atoms with Crippen LogP contribution in [-0.4, -0.2) is 21.6 Å². The zero-order valence-corrected chi connectivity index (χ0v) is 11.2. The number of amides is 1. The molecule has 4 nitrogen and oxygen atoms in total. The van der Waals surface area contributed by atoms with Crippen LogP contribution in [0.2, 0.25) is 5.02 Å². The molecule has 1 aromatic heterocycles. The molecule has 1 amide bonds. The highest BCUT2D eigenvalue weighted by molar-refractivity contribution is 6.34. The summed E-state index contributed by atoms with van der Waals surface area (Å²) in [7, 11) is 0. The van der Waals surface area contributed by atoms with Gasteiger partial charge in [-0.25, -0.2) is 4.39 Å². The molecule has 0 aliphatic heterocycles. The number of rotatable bonds is 4. The van der Waals surface area contributed by atoms with Gasteiger partial charge in [0.25, 0.3) is 0 Å². The lowest BCUT2D eigenvalue weighted by Crippen LogP contribution is -2.13. The number of benzene rings is 1. The summed E-state index contributed by atoms with van der Waals surface area (Å²) in [4.78, 5) is 11.1. The molecule has 0 aliphatic rings. The molecular formula is C12H10Cl2FN3O. The average Bonchev–Trinajstić information content (AvgIpc) is 2.72. The van der Waals surface area contributed by atoms with Crippen molar-refractivity contribution in [2.45, 2.75) is 6.54 Å². The van der Waals surface area contributed by atoms with E-state index in [0.29, 0.717) is 5.56 Å². The van der Waals surface area contributed by atoms with Gasteiger partial charge in [-0.15, -0.1) is 11.6 Å². The van der Waals surface area contributed by atoms with Crippen molar-refractivity contribution in [3.63, 3.8) is 0 Å². The lowest BCUT2D eigenvalue weighted by Gasteiger charge is -2.03. The van der Waals surface area contributed by atoms with E-state index in [4.69, 9.17) is 23.2 Å². The second-order valence-corrected chi connectivity index (χ2v) is 4.47. The van der Waals surface area contributed by atoms with Crippen LogP contribution in [0.25, 0.3) is 0 Å². The summed E-state index contributed by atoms with van der Waals surface area (Å²) < 4.78 is 14.9. The van der Waals surface area contributed by atoms with Crippen LogP contribution in [0.4, 0.5) is 10.2 Å². The first-order valence-electron chi connectivity index (χ1n) is 5.42. The zero-order chi connectivity index (χ0) is 13.8. The van der Waals surface area contributed by atoms with Crippen LogP contribution in [0.15, 0.2) is 30.5 Å². The third-order valence-electron chi connectivity index (χ3n) is 2.39. The van der Waals surface area contributed by atoms with Gasteiger partial charge in [-0.2, -0.15) is 5.10 Å². The Morgan fingerprint density at radius 3 is 2.84 bits per heavy atom. The van der Waals surface area contributed by atoms with Gasteiger partial charge in [0, 0.05) is 11.8 Å². The number of carbonyl (C=O) groups is 1. The maximum Gasteiger partial charge on any atom is 0.240 e. The van der Waals surface area contributed by atoms with E-state index in [1.165, 1.54) is 16.9 Å². The van der Waals surface area contributed by atoms with Gasteiger partial charge in [0.1, 0.15) is 16.7 Å². The first kappa shape index (κ1) is 13.8. The van der Waals surface area contributed by atoms with E-state index in [2.05, 4.69) is 10.4 Å². The van der Waals surface area contributed by atoms with Crippen molar-refractivity contribution in [2.75, 3.05) is 11.2 Å². The summed E-state index contributed by atoms with van der Waals surface area (Å²) in [6.07, 6.45) is 1.51. The van der Waals surface area contributed by atoms with Crippen LogP contribution in [0, 0.1) is 5.82 Å². The van der Waals surface area contributed by atoms with E-state index in [-0.39, 0.29) is 29.1 Å². The molecule has 0 aliphatic carbocycles. The Bertz CT molecular complexity index is 600. The fourth-order valence-electron chi connectivity index (χ4n) is 1.53. The van der Waals surface area contributed by atoms with Crippen molar-refractivity contribution >= 4 is 34.9 Å². The van der Waals surface area contributed by atoms with Crippen molar-refractivity contribution in [1.82, 2.24) is 9.78 Å². The Morgan fingerprint density at radius 2 is 2.16 bits per heavy atom. The molecule has 2 aromatic rings. The summed E-state index contributed by atoms with van der Waals surface area (Å²) in [6.45, 7) is 0.225. The Hall–Kier alpha value is -1.59. The lowest BCUT2D eigenvalue weighted by atomic mass is 10.2. The van der Waals surface area contributed by atoms with E-state index in [0.717, 1.165) is 0 Å². The Balaban J connectivity index is 2.16. The summed E-state index contributed by atoms with van der Waals surface area (Å²) >= 11 is 11.3. The highest BCUT2D eigenvalue weighted by atomic mass is 35.5. The van der Waals surface area contributed by atoms with E-state index < -0.39 is 5.91 Å². The number of hydrogen-bond acceptors (Lipinski definition) is 2. The van der Waals surface area contributed by atoms with Crippen molar-refractivity contribution in [1.29, 1.82) is 0 Å². The minimum atomic E-state index is -0.403. The predicted octanol–water partition coefficient (Wildman–Crippen LogP) is 2.90. The van der Waals surface area contributed by atoms with Crippen molar-refractivity contribution in [3.8, 4) is 0 Å². The van der Waals surface area contributed by atoms with Gasteiger partial charge in [0.05, 0.1) is 6.54 Å². The fraction of sp³-hybridized carbons (Fsp3) is 0.167. The highest BCUT2D eigenvalue weighted by Gasteiger charge is 2.11. The number of hydrogen-bond donors (Lipinski definition) is 1. The van der Waals surface area contributed by atoms with Gasteiger partial charge in [0.2, 0.25) is 5.91 Å². The first-order valence-corrected chi connectivity index (χ1v) is 6.33. The molecule has 1 N–H and O–H groups in total. The SMILES string of the molecule is O=C(CCl)Nc1nn(Cc2ccccc2F)cc1Cl. The maximum atomic E-state index is 13.5. The molecule has 0 fully saturated rings. The van der Waals surface area contributed by atoms with Gasteiger partial charge in [-0.3, -0.25) is 9.48 Å². The van der Waals surface area contributed by atoms with E-state index in [9.17, 15) is 9.18 Å². The van der Waals surface area contributed by atoms with Gasteiger partial charge in [-0.1, -0.05) is 29.8 Å². The van der Waals surface area contributed by atoms with Crippen LogP contribution in [0.3, 0.4) is 0 Å². The molecule has 2 rings (SSSR count). The molecule has 0 unspecified atom stereocenters. The van der Waals surface area contributed by atoms with Crippen LogP contribution in [-0.2, 0) is 11.3 Å². The fourth-order valence-corrected chi connectivity index (χ4v) is 1.79. The second kappa shape index (κ2) is 6.04. The third kappa shape index (κ3) is 3.45. The molecule has 100 valence electrons. The summed E-state index contributed by atoms with van der Waals surface area (Å²) in [5, 5.41) is 6.79. The number of halogens is 3. The molecule has 1 heterocycles. The number of carbonyl (C=O) groups excluding carboxylic acids is 1. The van der Waals surface area contributed by atoms with Crippen LogP contribution in [0.1, 0.15) is 5.56 Å². The second-order valence-electron chi connectivity index (χ2n) is 3.80. The van der Waals surface area contributed by atoms with E-state index in [1.54, 1.807) is 18.2 Å². The van der Waals surface area contributed by atoms with E-state index >= 15 is 0 Å². The molecule has 0 atom stereocenters. The zero-order valence-electron chi connectivity index (χ0n) is 9.74. The highest BCUT2D eigenvalue weighted by Crippen LogP contribution is 2.20. The minimum Gasteiger partial charge on any atom is -0.307 e. The number of nitrogens with zero attached hydrogens (tertiary/aromatic N) is 2. The molecular weight excluding hydrogens is 292 g/mol. The van der Waals surface area contributed by atoms with Gasteiger partial charge >= 0.3 is 0 Å². The van der Waals surface area contributed by atoms with Crippen LogP contribution in [0.5, 0.6) is 0 Å². The van der Waals surface area contributed by atoms with E-state index in [1.807, 2.05) is 0 Å². The number of aromatic nitrogens is 2. The van der Waals surface area contributed by atoms with Gasteiger partial charge in [-0.05, 0) is 6.07 Å². The first-order chi connectivity index (χ1) is 9.10. The van der Waals surface area contributed by atoms with Crippen molar-refractivity contribution in [2.24, 2.45) is 0 Å². The molecule has 7 heteroatoms. The summed E-state index contributed by atoms with van der Waals surface area (Å²) in [5.74, 6) is -0.694. The van der Waals surface area contributed by atoms with Gasteiger partial charge < -0.3 is 5.32 Å². The standard InChI is InChI=1S/C12H10Cl2FN3O/c13-5-11(19)16-12-9(14)7-18(17-12)6-8-3-1-2-4-10(8)15/h1-4,7H,5-6H2,(H,16,17,19). The Morgan fingerprint density at radius 1 is 1.42 bits per heavy atom. The van der Waals surface area contributed by atoms with Crippen molar-refractivity contribution < 1.29 is 9.18 Å². The predicted molar refractivity (Wildman–Crippen MR) is 72.1 cm³/mol. The number of nitrogens with one attached hydrogen (secondary N) is 1. The monoisotopic (exact) mass is 301 g/mol. The van der Waals surface area contributed by atoms with Crippen LogP contribution >= 0.6 is 23.2 Å². The number of anilines is 1.